The van der Waals surface area contributed by atoms with Crippen molar-refractivity contribution >= 4 is 39.9 Å². The Morgan fingerprint density at radius 3 is 2.39 bits per heavy atom. The van der Waals surface area contributed by atoms with E-state index in [1.807, 2.05) is 62.5 Å². The van der Waals surface area contributed by atoms with Crippen molar-refractivity contribution in [1.82, 2.24) is 4.98 Å². The predicted octanol–water partition coefficient (Wildman–Crippen LogP) is 5.80. The molecule has 0 aliphatic carbocycles. The van der Waals surface area contributed by atoms with Gasteiger partial charge >= 0.3 is 0 Å². The third kappa shape index (κ3) is 4.05. The highest BCUT2D eigenvalue weighted by Crippen LogP contribution is 2.34. The van der Waals surface area contributed by atoms with Crippen LogP contribution in [0.25, 0.3) is 11.3 Å². The van der Waals surface area contributed by atoms with Gasteiger partial charge in [0.2, 0.25) is 0 Å². The highest BCUT2D eigenvalue weighted by molar-refractivity contribution is 7.14. The third-order valence-electron chi connectivity index (χ3n) is 6.11. The van der Waals surface area contributed by atoms with Crippen LogP contribution in [0.4, 0.5) is 10.8 Å². The van der Waals surface area contributed by atoms with Gasteiger partial charge in [-0.05, 0) is 68.3 Å². The van der Waals surface area contributed by atoms with E-state index in [4.69, 9.17) is 4.74 Å². The normalized spacial score (nSPS) is 12.6. The Morgan fingerprint density at radius 2 is 1.61 bits per heavy atom. The van der Waals surface area contributed by atoms with Crippen LogP contribution >= 0.6 is 11.3 Å². The summed E-state index contributed by atoms with van der Waals surface area (Å²) in [6.07, 6.45) is 0. The Bertz CT molecular complexity index is 1560. The van der Waals surface area contributed by atoms with Crippen molar-refractivity contribution in [3.63, 3.8) is 0 Å². The molecule has 0 bridgehead atoms. The molecular weight excluding hydrogens is 474 g/mol. The van der Waals surface area contributed by atoms with Crippen molar-refractivity contribution in [2.75, 3.05) is 17.3 Å². The molecule has 3 aromatic carbocycles. The van der Waals surface area contributed by atoms with E-state index in [9.17, 15) is 14.4 Å². The van der Waals surface area contributed by atoms with Crippen LogP contribution in [0.2, 0.25) is 0 Å². The number of rotatable bonds is 5. The first-order chi connectivity index (χ1) is 17.3. The molecule has 0 fully saturated rings. The number of nitrogens with one attached hydrogen (secondary N) is 1. The zero-order chi connectivity index (χ0) is 25.6. The van der Waals surface area contributed by atoms with E-state index >= 15 is 0 Å². The Labute approximate surface area is 212 Å². The van der Waals surface area contributed by atoms with Gasteiger partial charge in [0.25, 0.3) is 17.7 Å². The molecule has 5 rings (SSSR count). The van der Waals surface area contributed by atoms with Crippen molar-refractivity contribution < 1.29 is 19.1 Å². The smallest absolute Gasteiger partial charge is 0.266 e. The van der Waals surface area contributed by atoms with Crippen LogP contribution in [0.1, 0.15) is 47.8 Å². The molecule has 0 saturated carbocycles. The van der Waals surface area contributed by atoms with Crippen molar-refractivity contribution in [3.05, 3.63) is 93.4 Å². The Morgan fingerprint density at radius 1 is 0.889 bits per heavy atom. The number of hydrogen-bond acceptors (Lipinski definition) is 6. The monoisotopic (exact) mass is 497 g/mol. The van der Waals surface area contributed by atoms with E-state index in [0.717, 1.165) is 22.3 Å². The summed E-state index contributed by atoms with van der Waals surface area (Å²) in [5, 5.41) is 5.06. The fraction of sp³-hybridized carbons (Fsp3) is 0.143. The molecule has 7 nitrogen and oxygen atoms in total. The quantitative estimate of drug-likeness (QED) is 0.352. The maximum atomic E-state index is 13.2. The number of nitrogens with zero attached hydrogens (tertiary/aromatic N) is 2. The summed E-state index contributed by atoms with van der Waals surface area (Å²) in [6.45, 7) is 5.74. The number of aryl methyl sites for hydroxylation is 3. The standard InChI is InChI=1S/C28H23N3O4S/c1-15-6-10-24(35-4)21(11-15)22-14-36-28(29-22)30-25(32)18-8-9-19-20(13-18)27(34)31(26(19)33)23-12-16(2)5-7-17(23)3/h5-14H,1-4H3,(H,29,30,32). The van der Waals surface area contributed by atoms with Gasteiger partial charge in [0.05, 0.1) is 29.6 Å². The highest BCUT2D eigenvalue weighted by Gasteiger charge is 2.37. The molecular formula is C28H23N3O4S. The van der Waals surface area contributed by atoms with Gasteiger partial charge < -0.3 is 4.74 Å². The summed E-state index contributed by atoms with van der Waals surface area (Å²) in [7, 11) is 1.60. The van der Waals surface area contributed by atoms with E-state index in [2.05, 4.69) is 10.3 Å². The second kappa shape index (κ2) is 9.05. The number of fused-ring (bicyclic) bond motifs is 1. The Balaban J connectivity index is 1.40. The molecule has 2 heterocycles. The van der Waals surface area contributed by atoms with Crippen molar-refractivity contribution in [1.29, 1.82) is 0 Å². The lowest BCUT2D eigenvalue weighted by atomic mass is 10.1. The van der Waals surface area contributed by atoms with E-state index in [1.54, 1.807) is 13.2 Å². The second-order valence-corrected chi connectivity index (χ2v) is 9.55. The largest absolute Gasteiger partial charge is 0.496 e. The number of hydrogen-bond donors (Lipinski definition) is 1. The van der Waals surface area contributed by atoms with Gasteiger partial charge in [-0.3, -0.25) is 19.7 Å². The van der Waals surface area contributed by atoms with E-state index in [-0.39, 0.29) is 16.7 Å². The maximum Gasteiger partial charge on any atom is 0.266 e. The number of imide groups is 1. The molecule has 1 aromatic heterocycles. The summed E-state index contributed by atoms with van der Waals surface area (Å²) in [5.74, 6) is -0.562. The Hall–Kier alpha value is -4.30. The molecule has 0 radical (unpaired) electrons. The lowest BCUT2D eigenvalue weighted by molar-refractivity contribution is 0.0925. The number of carbonyl (C=O) groups is 3. The predicted molar refractivity (Wildman–Crippen MR) is 140 cm³/mol. The topological polar surface area (TPSA) is 88.6 Å². The van der Waals surface area contributed by atoms with Crippen LogP contribution in [0.15, 0.2) is 60.0 Å². The zero-order valence-electron chi connectivity index (χ0n) is 20.2. The molecule has 1 N–H and O–H groups in total. The SMILES string of the molecule is COc1ccc(C)cc1-c1csc(NC(=O)c2ccc3c(c2)C(=O)N(c2cc(C)ccc2C)C3=O)n1. The number of aromatic nitrogens is 1. The van der Waals surface area contributed by atoms with Gasteiger partial charge in [-0.2, -0.15) is 0 Å². The van der Waals surface area contributed by atoms with Crippen molar-refractivity contribution in [2.45, 2.75) is 20.8 Å². The first kappa shape index (κ1) is 23.4. The molecule has 3 amide bonds. The number of amides is 3. The first-order valence-corrected chi connectivity index (χ1v) is 12.2. The van der Waals surface area contributed by atoms with Gasteiger partial charge in [-0.15, -0.1) is 11.3 Å². The average molecular weight is 498 g/mol. The van der Waals surface area contributed by atoms with Gasteiger partial charge in [0.1, 0.15) is 5.75 Å². The van der Waals surface area contributed by atoms with Crippen LogP contribution < -0.4 is 15.0 Å². The minimum Gasteiger partial charge on any atom is -0.496 e. The van der Waals surface area contributed by atoms with Crippen LogP contribution in [0.5, 0.6) is 5.75 Å². The van der Waals surface area contributed by atoms with Gasteiger partial charge in [-0.25, -0.2) is 9.88 Å². The van der Waals surface area contributed by atoms with E-state index in [1.165, 1.54) is 28.4 Å². The molecule has 180 valence electrons. The molecule has 4 aromatic rings. The summed E-state index contributed by atoms with van der Waals surface area (Å²) in [6, 6.07) is 16.0. The highest BCUT2D eigenvalue weighted by atomic mass is 32.1. The number of anilines is 2. The van der Waals surface area contributed by atoms with Crippen molar-refractivity contribution in [3.8, 4) is 17.0 Å². The molecule has 0 atom stereocenters. The lowest BCUT2D eigenvalue weighted by Crippen LogP contribution is -2.30. The van der Waals surface area contributed by atoms with Crippen LogP contribution in [-0.2, 0) is 0 Å². The lowest BCUT2D eigenvalue weighted by Gasteiger charge is -2.17. The fourth-order valence-corrected chi connectivity index (χ4v) is 4.91. The molecule has 1 aliphatic heterocycles. The molecule has 8 heteroatoms. The molecule has 1 aliphatic rings. The number of ether oxygens (including phenoxy) is 1. The summed E-state index contributed by atoms with van der Waals surface area (Å²) < 4.78 is 5.44. The molecule has 0 spiro atoms. The number of carbonyl (C=O) groups excluding carboxylic acids is 3. The Kier molecular flexibility index (Phi) is 5.89. The van der Waals surface area contributed by atoms with Crippen LogP contribution in [-0.4, -0.2) is 29.8 Å². The summed E-state index contributed by atoms with van der Waals surface area (Å²) >= 11 is 1.29. The first-order valence-electron chi connectivity index (χ1n) is 11.3. The molecule has 36 heavy (non-hydrogen) atoms. The summed E-state index contributed by atoms with van der Waals surface area (Å²) in [5.41, 5.74) is 5.65. The van der Waals surface area contributed by atoms with Crippen molar-refractivity contribution in [2.24, 2.45) is 0 Å². The minimum atomic E-state index is -0.443. The van der Waals surface area contributed by atoms with Crippen LogP contribution in [0.3, 0.4) is 0 Å². The fourth-order valence-electron chi connectivity index (χ4n) is 4.21. The number of thiazole rings is 1. The maximum absolute atomic E-state index is 13.2. The second-order valence-electron chi connectivity index (χ2n) is 8.69. The van der Waals surface area contributed by atoms with Gasteiger partial charge in [0, 0.05) is 16.5 Å². The van der Waals surface area contributed by atoms with Gasteiger partial charge in [-0.1, -0.05) is 23.8 Å². The van der Waals surface area contributed by atoms with Crippen LogP contribution in [0, 0.1) is 20.8 Å². The van der Waals surface area contributed by atoms with E-state index in [0.29, 0.717) is 22.3 Å². The zero-order valence-corrected chi connectivity index (χ0v) is 21.0. The molecule has 0 saturated heterocycles. The van der Waals surface area contributed by atoms with E-state index < -0.39 is 17.7 Å². The number of benzene rings is 3. The summed E-state index contributed by atoms with van der Waals surface area (Å²) in [4.78, 5) is 45.0. The molecule has 0 unspecified atom stereocenters. The third-order valence-corrected chi connectivity index (χ3v) is 6.87. The van der Waals surface area contributed by atoms with Gasteiger partial charge in [0.15, 0.2) is 5.13 Å². The number of methoxy groups -OCH3 is 1. The average Bonchev–Trinajstić information content (AvgIpc) is 3.43. The minimum absolute atomic E-state index is 0.206.